The number of phenolic OH excluding ortho intramolecular Hbond substituents is 1. The third-order valence-electron chi connectivity index (χ3n) is 3.72. The van der Waals surface area contributed by atoms with Crippen LogP contribution < -0.4 is 4.74 Å². The number of amides is 1. The summed E-state index contributed by atoms with van der Waals surface area (Å²) in [6.45, 7) is 2.02. The van der Waals surface area contributed by atoms with E-state index in [1.54, 1.807) is 7.05 Å². The van der Waals surface area contributed by atoms with Gasteiger partial charge in [0.05, 0.1) is 7.11 Å². The molecule has 6 nitrogen and oxygen atoms in total. The van der Waals surface area contributed by atoms with Crippen LogP contribution in [0.3, 0.4) is 0 Å². The molecule has 0 heterocycles. The number of ether oxygens (including phenoxy) is 2. The van der Waals surface area contributed by atoms with Crippen molar-refractivity contribution in [1.82, 2.24) is 4.90 Å². The molecule has 0 aromatic heterocycles. The summed E-state index contributed by atoms with van der Waals surface area (Å²) in [5.74, 6) is -0.938. The number of benzene rings is 2. The molecule has 0 atom stereocenters. The van der Waals surface area contributed by atoms with Crippen LogP contribution in [0.1, 0.15) is 21.5 Å². The molecule has 0 aliphatic carbocycles. The van der Waals surface area contributed by atoms with E-state index in [-0.39, 0.29) is 17.2 Å². The molecule has 1 N–H and O–H groups in total. The summed E-state index contributed by atoms with van der Waals surface area (Å²) in [6.07, 6.45) is 0. The maximum atomic E-state index is 12.1. The number of carbonyl (C=O) groups is 2. The molecule has 0 bridgehead atoms. The van der Waals surface area contributed by atoms with E-state index >= 15 is 0 Å². The van der Waals surface area contributed by atoms with E-state index in [1.165, 1.54) is 30.2 Å². The topological polar surface area (TPSA) is 76.1 Å². The highest BCUT2D eigenvalue weighted by Gasteiger charge is 2.17. The van der Waals surface area contributed by atoms with E-state index in [1.807, 2.05) is 31.2 Å². The van der Waals surface area contributed by atoms with Crippen molar-refractivity contribution in [2.24, 2.45) is 0 Å². The summed E-state index contributed by atoms with van der Waals surface area (Å²) in [7, 11) is 3.09. The molecule has 2 aromatic rings. The van der Waals surface area contributed by atoms with Crippen molar-refractivity contribution < 1.29 is 24.2 Å². The fourth-order valence-electron chi connectivity index (χ4n) is 2.18. The van der Waals surface area contributed by atoms with E-state index in [0.717, 1.165) is 11.1 Å². The zero-order valence-electron chi connectivity index (χ0n) is 14.5. The first-order valence-corrected chi connectivity index (χ1v) is 7.74. The van der Waals surface area contributed by atoms with Crippen LogP contribution in [-0.4, -0.2) is 42.6 Å². The Morgan fingerprint density at radius 2 is 1.80 bits per heavy atom. The van der Waals surface area contributed by atoms with Crippen LogP contribution in [0.25, 0.3) is 0 Å². The number of aromatic hydroxyl groups is 1. The van der Waals surface area contributed by atoms with Crippen molar-refractivity contribution in [3.8, 4) is 11.5 Å². The Kier molecular flexibility index (Phi) is 6.00. The molecule has 0 aliphatic rings. The lowest BCUT2D eigenvalue weighted by Crippen LogP contribution is -2.30. The lowest BCUT2D eigenvalue weighted by atomic mass is 10.1. The Hall–Kier alpha value is -3.02. The minimum Gasteiger partial charge on any atom is -0.507 e. The summed E-state index contributed by atoms with van der Waals surface area (Å²) in [4.78, 5) is 25.6. The summed E-state index contributed by atoms with van der Waals surface area (Å²) in [6, 6.07) is 12.1. The molecule has 0 fully saturated rings. The van der Waals surface area contributed by atoms with Crippen LogP contribution in [-0.2, 0) is 16.1 Å². The van der Waals surface area contributed by atoms with Gasteiger partial charge >= 0.3 is 5.97 Å². The van der Waals surface area contributed by atoms with Crippen molar-refractivity contribution in [2.45, 2.75) is 13.5 Å². The minimum absolute atomic E-state index is 0.0187. The first kappa shape index (κ1) is 18.3. The molecule has 0 unspecified atom stereocenters. The molecular formula is C19H21NO5. The number of hydrogen-bond donors (Lipinski definition) is 1. The zero-order valence-corrected chi connectivity index (χ0v) is 14.5. The molecule has 0 saturated carbocycles. The van der Waals surface area contributed by atoms with Gasteiger partial charge in [-0.15, -0.1) is 0 Å². The highest BCUT2D eigenvalue weighted by Crippen LogP contribution is 2.23. The smallest absolute Gasteiger partial charge is 0.342 e. The number of aryl methyl sites for hydroxylation is 1. The molecule has 2 rings (SSSR count). The molecule has 1 amide bonds. The number of phenols is 1. The van der Waals surface area contributed by atoms with Crippen LogP contribution in [0, 0.1) is 6.92 Å². The van der Waals surface area contributed by atoms with Crippen LogP contribution in [0.4, 0.5) is 0 Å². The van der Waals surface area contributed by atoms with Gasteiger partial charge in [0, 0.05) is 19.7 Å². The van der Waals surface area contributed by atoms with Gasteiger partial charge in [-0.3, -0.25) is 4.79 Å². The van der Waals surface area contributed by atoms with Gasteiger partial charge in [-0.2, -0.15) is 0 Å². The molecule has 0 spiro atoms. The van der Waals surface area contributed by atoms with Crippen molar-refractivity contribution in [2.75, 3.05) is 20.8 Å². The van der Waals surface area contributed by atoms with Gasteiger partial charge < -0.3 is 19.5 Å². The summed E-state index contributed by atoms with van der Waals surface area (Å²) >= 11 is 0. The number of hydrogen-bond acceptors (Lipinski definition) is 5. The Morgan fingerprint density at radius 3 is 2.40 bits per heavy atom. The SMILES string of the molecule is COc1ccc(C(=O)OCC(=O)N(C)Cc2ccc(C)cc2)c(O)c1. The van der Waals surface area contributed by atoms with Crippen LogP contribution in [0.15, 0.2) is 42.5 Å². The summed E-state index contributed by atoms with van der Waals surface area (Å²) in [5.41, 5.74) is 2.11. The second kappa shape index (κ2) is 8.19. The van der Waals surface area contributed by atoms with Gasteiger partial charge in [-0.1, -0.05) is 29.8 Å². The number of rotatable bonds is 6. The third-order valence-corrected chi connectivity index (χ3v) is 3.72. The minimum atomic E-state index is -0.766. The van der Waals surface area contributed by atoms with Gasteiger partial charge in [-0.25, -0.2) is 4.79 Å². The van der Waals surface area contributed by atoms with E-state index in [9.17, 15) is 14.7 Å². The maximum Gasteiger partial charge on any atom is 0.342 e. The predicted molar refractivity (Wildman–Crippen MR) is 92.6 cm³/mol. The normalized spacial score (nSPS) is 10.2. The first-order valence-electron chi connectivity index (χ1n) is 7.74. The zero-order chi connectivity index (χ0) is 18.4. The van der Waals surface area contributed by atoms with E-state index < -0.39 is 12.6 Å². The largest absolute Gasteiger partial charge is 0.507 e. The molecule has 0 aliphatic heterocycles. The molecule has 6 heteroatoms. The average molecular weight is 343 g/mol. The number of carbonyl (C=O) groups excluding carboxylic acids is 2. The van der Waals surface area contributed by atoms with Crippen molar-refractivity contribution in [1.29, 1.82) is 0 Å². The Morgan fingerprint density at radius 1 is 1.12 bits per heavy atom. The van der Waals surface area contributed by atoms with Gasteiger partial charge in [0.1, 0.15) is 17.1 Å². The van der Waals surface area contributed by atoms with Gasteiger partial charge in [0.15, 0.2) is 6.61 Å². The Balaban J connectivity index is 1.90. The Labute approximate surface area is 146 Å². The van der Waals surface area contributed by atoms with Crippen molar-refractivity contribution in [3.63, 3.8) is 0 Å². The standard InChI is InChI=1S/C19H21NO5/c1-13-4-6-14(7-5-13)11-20(2)18(22)12-25-19(23)16-9-8-15(24-3)10-17(16)21/h4-10,21H,11-12H2,1-3H3. The quantitative estimate of drug-likeness (QED) is 0.816. The number of methoxy groups -OCH3 is 1. The van der Waals surface area contributed by atoms with Gasteiger partial charge in [0.2, 0.25) is 0 Å². The summed E-state index contributed by atoms with van der Waals surface area (Å²) in [5, 5.41) is 9.81. The van der Waals surface area contributed by atoms with Crippen molar-refractivity contribution in [3.05, 3.63) is 59.2 Å². The second-order valence-corrected chi connectivity index (χ2v) is 5.69. The maximum absolute atomic E-state index is 12.1. The van der Waals surface area contributed by atoms with E-state index in [4.69, 9.17) is 9.47 Å². The molecule has 0 saturated heterocycles. The fourth-order valence-corrected chi connectivity index (χ4v) is 2.18. The van der Waals surface area contributed by atoms with Crippen LogP contribution in [0.5, 0.6) is 11.5 Å². The average Bonchev–Trinajstić information content (AvgIpc) is 2.61. The van der Waals surface area contributed by atoms with Gasteiger partial charge in [-0.05, 0) is 24.6 Å². The molecule has 0 radical (unpaired) electrons. The van der Waals surface area contributed by atoms with Crippen LogP contribution >= 0.6 is 0 Å². The molecule has 25 heavy (non-hydrogen) atoms. The number of nitrogens with zero attached hydrogens (tertiary/aromatic N) is 1. The monoisotopic (exact) mass is 343 g/mol. The number of likely N-dealkylation sites (N-methyl/N-ethyl adjacent to an activating group) is 1. The second-order valence-electron chi connectivity index (χ2n) is 5.69. The van der Waals surface area contributed by atoms with Crippen molar-refractivity contribution >= 4 is 11.9 Å². The highest BCUT2D eigenvalue weighted by molar-refractivity contribution is 5.94. The Bertz CT molecular complexity index is 755. The summed E-state index contributed by atoms with van der Waals surface area (Å²) < 4.78 is 9.94. The lowest BCUT2D eigenvalue weighted by molar-refractivity contribution is -0.133. The third kappa shape index (κ3) is 4.97. The van der Waals surface area contributed by atoms with Gasteiger partial charge in [0.25, 0.3) is 5.91 Å². The van der Waals surface area contributed by atoms with E-state index in [2.05, 4.69) is 0 Å². The molecule has 2 aromatic carbocycles. The molecular weight excluding hydrogens is 322 g/mol. The fraction of sp³-hybridized carbons (Fsp3) is 0.263. The first-order chi connectivity index (χ1) is 11.9. The predicted octanol–water partition coefficient (Wildman–Crippen LogP) is 2.52. The molecule has 132 valence electrons. The number of esters is 1. The highest BCUT2D eigenvalue weighted by atomic mass is 16.5. The lowest BCUT2D eigenvalue weighted by Gasteiger charge is -2.17. The van der Waals surface area contributed by atoms with Crippen LogP contribution in [0.2, 0.25) is 0 Å². The van der Waals surface area contributed by atoms with E-state index in [0.29, 0.717) is 12.3 Å².